The number of fused-ring (bicyclic) bond motifs is 6. The molecule has 6 heterocycles. The smallest absolute Gasteiger partial charge is 0.310 e. The number of aromatic amines is 2. The Morgan fingerprint density at radius 1 is 1.07 bits per heavy atom. The number of pyridine rings is 1. The molecule has 0 radical (unpaired) electrons. The third-order valence-corrected chi connectivity index (χ3v) is 13.1. The molecule has 8 bridgehead atoms. The van der Waals surface area contributed by atoms with Gasteiger partial charge in [-0.3, -0.25) is 14.6 Å². The molecular weight excluding hydrogens is 741 g/mol. The number of ether oxygens (including phenoxy) is 2. The number of carbonyl (C=O) groups is 2. The van der Waals surface area contributed by atoms with E-state index in [4.69, 9.17) is 19.5 Å². The maximum Gasteiger partial charge on any atom is 0.310 e. The van der Waals surface area contributed by atoms with Gasteiger partial charge in [0.15, 0.2) is 12.4 Å². The number of unbranched alkanes of at least 4 members (excludes halogenated alkanes) is 3. The Hall–Kier alpha value is -4.87. The summed E-state index contributed by atoms with van der Waals surface area (Å²) in [4.78, 5) is 45.8. The van der Waals surface area contributed by atoms with E-state index in [1.165, 1.54) is 46.4 Å². The van der Waals surface area contributed by atoms with Crippen molar-refractivity contribution >= 4 is 35.5 Å². The molecule has 314 valence electrons. The molecule has 0 aromatic carbocycles. The summed E-state index contributed by atoms with van der Waals surface area (Å²) in [5, 5.41) is 13.7. The number of allylic oxidation sites excluding steroid dienone is 1. The first-order valence-corrected chi connectivity index (χ1v) is 21.7. The number of nitrogens with zero attached hydrogens (tertiary/aromatic N) is 4. The van der Waals surface area contributed by atoms with Gasteiger partial charge in [-0.1, -0.05) is 40.0 Å². The van der Waals surface area contributed by atoms with Gasteiger partial charge in [0.1, 0.15) is 5.56 Å². The van der Waals surface area contributed by atoms with E-state index in [1.807, 2.05) is 0 Å². The van der Waals surface area contributed by atoms with Crippen molar-refractivity contribution in [1.29, 1.82) is 0 Å². The zero-order valence-electron chi connectivity index (χ0n) is 36.5. The largest absolute Gasteiger partial charge is 0.405 e. The number of amides is 1. The highest BCUT2D eigenvalue weighted by Gasteiger charge is 2.44. The molecule has 0 fully saturated rings. The molecule has 59 heavy (non-hydrogen) atoms. The van der Waals surface area contributed by atoms with E-state index in [2.05, 4.69) is 70.6 Å². The molecule has 5 atom stereocenters. The number of H-pyrrole nitrogens is 2. The summed E-state index contributed by atoms with van der Waals surface area (Å²) in [6, 6.07) is 3.29. The number of hydrogen-bond acceptors (Lipinski definition) is 7. The fourth-order valence-electron chi connectivity index (χ4n) is 9.63. The number of aliphatic hydroxyl groups is 1. The van der Waals surface area contributed by atoms with E-state index in [-0.39, 0.29) is 49.0 Å². The second-order valence-corrected chi connectivity index (χ2v) is 17.1. The van der Waals surface area contributed by atoms with Crippen molar-refractivity contribution < 1.29 is 28.7 Å². The third-order valence-electron chi connectivity index (χ3n) is 13.1. The Kier molecular flexibility index (Phi) is 12.7. The van der Waals surface area contributed by atoms with E-state index < -0.39 is 6.10 Å². The van der Waals surface area contributed by atoms with Crippen molar-refractivity contribution in [3.05, 3.63) is 96.8 Å². The molecule has 3 aromatic rings. The molecule has 0 spiro atoms. The van der Waals surface area contributed by atoms with Gasteiger partial charge >= 0.3 is 5.97 Å². The van der Waals surface area contributed by atoms with Crippen LogP contribution in [-0.2, 0) is 33.8 Å². The van der Waals surface area contributed by atoms with Gasteiger partial charge in [-0.2, -0.15) is 4.57 Å². The van der Waals surface area contributed by atoms with Crippen LogP contribution in [0.15, 0.2) is 56.9 Å². The van der Waals surface area contributed by atoms with Crippen molar-refractivity contribution in [2.24, 2.45) is 21.8 Å². The summed E-state index contributed by atoms with van der Waals surface area (Å²) in [6.45, 7) is 16.0. The van der Waals surface area contributed by atoms with Crippen LogP contribution in [0.5, 0.6) is 0 Å². The Labute approximate surface area is 348 Å². The fraction of sp³-hybridized carbons (Fsp3) is 0.521. The van der Waals surface area contributed by atoms with Crippen molar-refractivity contribution in [3.8, 4) is 0 Å². The summed E-state index contributed by atoms with van der Waals surface area (Å²) in [5.74, 6) is -0.358. The maximum absolute atomic E-state index is 13.4. The highest BCUT2D eigenvalue weighted by atomic mass is 16.5. The quantitative estimate of drug-likeness (QED) is 0.102. The average Bonchev–Trinajstić information content (AvgIpc) is 3.97. The monoisotopic (exact) mass is 803 g/mol. The first kappa shape index (κ1) is 42.3. The van der Waals surface area contributed by atoms with E-state index >= 15 is 0 Å². The summed E-state index contributed by atoms with van der Waals surface area (Å²) >= 11 is 0. The third kappa shape index (κ3) is 8.46. The van der Waals surface area contributed by atoms with Crippen LogP contribution in [0.25, 0.3) is 12.2 Å². The molecule has 0 saturated carbocycles. The first-order chi connectivity index (χ1) is 28.3. The number of aliphatic imine (C=N–C) groups is 2. The molecule has 11 nitrogen and oxygen atoms in total. The second kappa shape index (κ2) is 17.8. The van der Waals surface area contributed by atoms with E-state index in [9.17, 15) is 14.7 Å². The topological polar surface area (TPSA) is 136 Å². The molecule has 1 aliphatic carbocycles. The number of hydrogen-bond donors (Lipinski definition) is 3. The number of carbonyl (C=O) groups excluding carboxylic acids is 2. The number of esters is 1. The lowest BCUT2D eigenvalue weighted by Gasteiger charge is -2.23. The SMILES string of the molecule is CCCCCCOC(C)c1c2[nH]c(c1C)CC1=NC(C3=C4N=C(C=c5[nH]/c(c(C)c5CC)=C\2)C(C)=C4C(O)C3)C(CCC(=O)OC[n+]2cccc(C(=O)N(C)C)c2)C1C. The lowest BCUT2D eigenvalue weighted by molar-refractivity contribution is -0.727. The average molecular weight is 804 g/mol. The number of aliphatic hydroxyl groups excluding tert-OH is 1. The summed E-state index contributed by atoms with van der Waals surface area (Å²) in [5.41, 5.74) is 13.2. The summed E-state index contributed by atoms with van der Waals surface area (Å²) < 4.78 is 14.0. The lowest BCUT2D eigenvalue weighted by Crippen LogP contribution is -2.37. The fourth-order valence-corrected chi connectivity index (χ4v) is 9.63. The molecule has 5 unspecified atom stereocenters. The van der Waals surface area contributed by atoms with Gasteiger partial charge in [0.05, 0.1) is 29.7 Å². The minimum atomic E-state index is -0.667. The molecule has 3 aromatic heterocycles. The van der Waals surface area contributed by atoms with Crippen LogP contribution in [0.4, 0.5) is 0 Å². The predicted octanol–water partition coefficient (Wildman–Crippen LogP) is 6.18. The molecule has 11 heteroatoms. The Morgan fingerprint density at radius 2 is 1.86 bits per heavy atom. The maximum atomic E-state index is 13.4. The summed E-state index contributed by atoms with van der Waals surface area (Å²) in [7, 11) is 3.42. The van der Waals surface area contributed by atoms with Crippen molar-refractivity contribution in [1.82, 2.24) is 14.9 Å². The van der Waals surface area contributed by atoms with Crippen LogP contribution in [0.3, 0.4) is 0 Å². The molecule has 7 rings (SSSR count). The normalized spacial score (nSPS) is 21.9. The standard InChI is InChI=1S/C48H63N6O5/c1-10-12-13-14-20-58-31(7)44-29(5)38-22-37-28(4)34(17-18-43(56)59-26-54-19-15-16-32(25-54)48(57)53(8)9)46(51-37)35-21-42(55)45-30(6)39(52-47(35)45)23-40-33(11-2)27(3)36(49-40)24-41(44)50-38/h15-16,19,23-25,28,31,34,42,46,49-50,55H,10-14,17-18,20-22,26H2,1-9H3/q+1/b36-24-,40-23?. The van der Waals surface area contributed by atoms with Gasteiger partial charge in [-0.15, -0.1) is 0 Å². The van der Waals surface area contributed by atoms with Crippen molar-refractivity contribution in [3.63, 3.8) is 0 Å². The highest BCUT2D eigenvalue weighted by molar-refractivity contribution is 6.23. The number of rotatable bonds is 14. The lowest BCUT2D eigenvalue weighted by atomic mass is 9.80. The van der Waals surface area contributed by atoms with Crippen molar-refractivity contribution in [2.75, 3.05) is 20.7 Å². The minimum Gasteiger partial charge on any atom is -0.405 e. The molecule has 3 N–H and O–H groups in total. The van der Waals surface area contributed by atoms with Crippen LogP contribution < -0.4 is 15.3 Å². The Bertz CT molecular complexity index is 2370. The molecule has 3 aliphatic heterocycles. The van der Waals surface area contributed by atoms with Crippen LogP contribution in [0.1, 0.15) is 130 Å². The van der Waals surface area contributed by atoms with Crippen molar-refractivity contribution in [2.45, 2.75) is 131 Å². The van der Waals surface area contributed by atoms with Gasteiger partial charge in [0, 0.05) is 85.0 Å². The Morgan fingerprint density at radius 3 is 2.61 bits per heavy atom. The van der Waals surface area contributed by atoms with Gasteiger partial charge in [-0.05, 0) is 105 Å². The van der Waals surface area contributed by atoms with Gasteiger partial charge in [0.25, 0.3) is 12.6 Å². The Balaban J connectivity index is 1.24. The van der Waals surface area contributed by atoms with E-state index in [0.717, 1.165) is 75.4 Å². The van der Waals surface area contributed by atoms with Crippen LogP contribution in [0, 0.1) is 25.7 Å². The van der Waals surface area contributed by atoms with E-state index in [1.54, 1.807) is 43.2 Å². The van der Waals surface area contributed by atoms with Gasteiger partial charge < -0.3 is 29.4 Å². The van der Waals surface area contributed by atoms with Crippen LogP contribution >= 0.6 is 0 Å². The van der Waals surface area contributed by atoms with Gasteiger partial charge in [-0.25, -0.2) is 4.99 Å². The molecule has 0 saturated heterocycles. The second-order valence-electron chi connectivity index (χ2n) is 17.1. The number of aromatic nitrogens is 3. The molecular formula is C48H63N6O5+. The van der Waals surface area contributed by atoms with E-state index in [0.29, 0.717) is 24.8 Å². The van der Waals surface area contributed by atoms with Crippen LogP contribution in [0.2, 0.25) is 0 Å². The zero-order chi connectivity index (χ0) is 42.1. The first-order valence-electron chi connectivity index (χ1n) is 21.7. The minimum absolute atomic E-state index is 0.00514. The van der Waals surface area contributed by atoms with Crippen LogP contribution in [-0.4, -0.2) is 76.1 Å². The number of nitrogens with one attached hydrogen (secondary N) is 2. The van der Waals surface area contributed by atoms with Gasteiger partial charge in [0.2, 0.25) is 0 Å². The molecule has 4 aliphatic rings. The predicted molar refractivity (Wildman–Crippen MR) is 232 cm³/mol. The summed E-state index contributed by atoms with van der Waals surface area (Å²) in [6.07, 6.45) is 14.5. The zero-order valence-corrected chi connectivity index (χ0v) is 36.5. The highest BCUT2D eigenvalue weighted by Crippen LogP contribution is 2.47. The molecule has 1 amide bonds.